The highest BCUT2D eigenvalue weighted by atomic mass is 32.2. The molecule has 1 aromatic heterocycles. The summed E-state index contributed by atoms with van der Waals surface area (Å²) in [6, 6.07) is 3.50. The lowest BCUT2D eigenvalue weighted by Gasteiger charge is -2.13. The molecule has 1 fully saturated rings. The van der Waals surface area contributed by atoms with E-state index in [2.05, 4.69) is 0 Å². The molecule has 0 radical (unpaired) electrons. The van der Waals surface area contributed by atoms with Crippen molar-refractivity contribution in [2.24, 2.45) is 0 Å². The highest BCUT2D eigenvalue weighted by molar-refractivity contribution is 8.26. The molecule has 0 spiro atoms. The maximum Gasteiger partial charge on any atom is 0.307 e. The zero-order chi connectivity index (χ0) is 15.2. The van der Waals surface area contributed by atoms with Crippen molar-refractivity contribution in [3.63, 3.8) is 0 Å². The largest absolute Gasteiger partial charge is 0.466 e. The Morgan fingerprint density at radius 2 is 2.38 bits per heavy atom. The minimum absolute atomic E-state index is 0.139. The van der Waals surface area contributed by atoms with Crippen LogP contribution < -0.4 is 0 Å². The first-order valence-corrected chi connectivity index (χ1v) is 7.78. The molecule has 0 atom stereocenters. The van der Waals surface area contributed by atoms with E-state index in [1.165, 1.54) is 22.9 Å². The number of thiocarbonyl (C=S) groups is 1. The minimum atomic E-state index is -0.319. The number of carbonyl (C=O) groups excluding carboxylic acids is 2. The highest BCUT2D eigenvalue weighted by Crippen LogP contribution is 2.32. The molecule has 0 N–H and O–H groups in total. The van der Waals surface area contributed by atoms with Crippen molar-refractivity contribution < 1.29 is 18.7 Å². The molecule has 7 heteroatoms. The standard InChI is InChI=1S/C14H15NO4S2/c1-2-7-19-12(16)5-6-15-13(17)11(21-14(15)20)9-10-4-3-8-18-10/h3-4,8-9H,2,5-7H2,1H3/b11-9+. The van der Waals surface area contributed by atoms with Crippen LogP contribution >= 0.6 is 24.0 Å². The fraction of sp³-hybridized carbons (Fsp3) is 0.357. The third kappa shape index (κ3) is 4.18. The van der Waals surface area contributed by atoms with Gasteiger partial charge in [0.15, 0.2) is 0 Å². The van der Waals surface area contributed by atoms with Gasteiger partial charge in [-0.05, 0) is 18.6 Å². The maximum absolute atomic E-state index is 12.2. The predicted molar refractivity (Wildman–Crippen MR) is 84.5 cm³/mol. The fourth-order valence-corrected chi connectivity index (χ4v) is 2.98. The van der Waals surface area contributed by atoms with Crippen LogP contribution in [0.3, 0.4) is 0 Å². The van der Waals surface area contributed by atoms with Crippen LogP contribution in [0.2, 0.25) is 0 Å². The Morgan fingerprint density at radius 3 is 3.05 bits per heavy atom. The molecule has 112 valence electrons. The Bertz CT molecular complexity index is 566. The molecule has 2 heterocycles. The lowest BCUT2D eigenvalue weighted by atomic mass is 10.3. The molecule has 1 amide bonds. The van der Waals surface area contributed by atoms with E-state index in [0.29, 0.717) is 21.6 Å². The van der Waals surface area contributed by atoms with Crippen molar-refractivity contribution in [3.05, 3.63) is 29.1 Å². The number of carbonyl (C=O) groups is 2. The normalized spacial score (nSPS) is 16.8. The van der Waals surface area contributed by atoms with Gasteiger partial charge in [-0.15, -0.1) is 0 Å². The van der Waals surface area contributed by atoms with E-state index in [9.17, 15) is 9.59 Å². The second-order valence-electron chi connectivity index (χ2n) is 4.32. The number of ether oxygens (including phenoxy) is 1. The molecule has 1 aliphatic rings. The van der Waals surface area contributed by atoms with Gasteiger partial charge in [-0.2, -0.15) is 0 Å². The van der Waals surface area contributed by atoms with Gasteiger partial charge in [0.1, 0.15) is 10.1 Å². The minimum Gasteiger partial charge on any atom is -0.466 e. The number of hydrogen-bond acceptors (Lipinski definition) is 6. The average molecular weight is 325 g/mol. The van der Waals surface area contributed by atoms with E-state index >= 15 is 0 Å². The topological polar surface area (TPSA) is 59.8 Å². The molecule has 0 saturated carbocycles. The summed E-state index contributed by atoms with van der Waals surface area (Å²) in [5, 5.41) is 0. The number of thioether (sulfide) groups is 1. The zero-order valence-electron chi connectivity index (χ0n) is 11.5. The first-order chi connectivity index (χ1) is 10.1. The average Bonchev–Trinajstić information content (AvgIpc) is 3.05. The summed E-state index contributed by atoms with van der Waals surface area (Å²) < 4.78 is 10.6. The van der Waals surface area contributed by atoms with Crippen LogP contribution in [0.4, 0.5) is 0 Å². The summed E-state index contributed by atoms with van der Waals surface area (Å²) in [6.45, 7) is 2.56. The summed E-state index contributed by atoms with van der Waals surface area (Å²) >= 11 is 6.38. The smallest absolute Gasteiger partial charge is 0.307 e. The van der Waals surface area contributed by atoms with Gasteiger partial charge in [0.05, 0.1) is 24.2 Å². The first-order valence-electron chi connectivity index (χ1n) is 6.56. The number of nitrogens with zero attached hydrogens (tertiary/aromatic N) is 1. The van der Waals surface area contributed by atoms with E-state index in [-0.39, 0.29) is 24.8 Å². The van der Waals surface area contributed by atoms with Gasteiger partial charge in [0.25, 0.3) is 5.91 Å². The SMILES string of the molecule is CCCOC(=O)CCN1C(=O)/C(=C\c2ccco2)SC1=S. The van der Waals surface area contributed by atoms with Crippen LogP contribution in [-0.2, 0) is 14.3 Å². The van der Waals surface area contributed by atoms with Crippen LogP contribution in [-0.4, -0.2) is 34.2 Å². The van der Waals surface area contributed by atoms with Crippen molar-refractivity contribution in [1.82, 2.24) is 4.90 Å². The van der Waals surface area contributed by atoms with Gasteiger partial charge >= 0.3 is 5.97 Å². The highest BCUT2D eigenvalue weighted by Gasteiger charge is 2.32. The summed E-state index contributed by atoms with van der Waals surface area (Å²) in [5.41, 5.74) is 0. The molecular formula is C14H15NO4S2. The van der Waals surface area contributed by atoms with Crippen molar-refractivity contribution in [2.75, 3.05) is 13.2 Å². The molecular weight excluding hydrogens is 310 g/mol. The van der Waals surface area contributed by atoms with E-state index < -0.39 is 0 Å². The Kier molecular flexibility index (Phi) is 5.58. The van der Waals surface area contributed by atoms with Crippen molar-refractivity contribution >= 4 is 46.3 Å². The molecule has 0 aromatic carbocycles. The van der Waals surface area contributed by atoms with E-state index in [4.69, 9.17) is 21.4 Å². The van der Waals surface area contributed by atoms with Crippen LogP contribution in [0, 0.1) is 0 Å². The van der Waals surface area contributed by atoms with E-state index in [0.717, 1.165) is 6.42 Å². The number of amides is 1. The van der Waals surface area contributed by atoms with Crippen LogP contribution in [0.25, 0.3) is 6.08 Å². The monoisotopic (exact) mass is 325 g/mol. The van der Waals surface area contributed by atoms with Crippen molar-refractivity contribution in [1.29, 1.82) is 0 Å². The Labute approximate surface area is 132 Å². The van der Waals surface area contributed by atoms with Crippen molar-refractivity contribution in [2.45, 2.75) is 19.8 Å². The quantitative estimate of drug-likeness (QED) is 0.455. The predicted octanol–water partition coefficient (Wildman–Crippen LogP) is 2.82. The molecule has 21 heavy (non-hydrogen) atoms. The first kappa shape index (κ1) is 15.8. The fourth-order valence-electron chi connectivity index (χ4n) is 1.69. The summed E-state index contributed by atoms with van der Waals surface area (Å²) in [4.78, 5) is 25.6. The third-order valence-corrected chi connectivity index (χ3v) is 4.07. The number of rotatable bonds is 6. The van der Waals surface area contributed by atoms with Crippen LogP contribution in [0.5, 0.6) is 0 Å². The molecule has 2 rings (SSSR count). The van der Waals surface area contributed by atoms with Gasteiger partial charge in [-0.1, -0.05) is 30.9 Å². The Hall–Kier alpha value is -1.60. The molecule has 1 aromatic rings. The maximum atomic E-state index is 12.2. The lowest BCUT2D eigenvalue weighted by Crippen LogP contribution is -2.30. The van der Waals surface area contributed by atoms with Gasteiger partial charge in [-0.25, -0.2) is 0 Å². The molecule has 1 saturated heterocycles. The summed E-state index contributed by atoms with van der Waals surface area (Å²) in [6.07, 6.45) is 4.10. The number of furan rings is 1. The van der Waals surface area contributed by atoms with Gasteiger partial charge in [0, 0.05) is 12.6 Å². The molecule has 5 nitrogen and oxygen atoms in total. The van der Waals surface area contributed by atoms with Gasteiger partial charge < -0.3 is 9.15 Å². The Morgan fingerprint density at radius 1 is 1.57 bits per heavy atom. The second kappa shape index (κ2) is 7.42. The van der Waals surface area contributed by atoms with Crippen molar-refractivity contribution in [3.8, 4) is 0 Å². The molecule has 0 aliphatic carbocycles. The van der Waals surface area contributed by atoms with Crippen LogP contribution in [0.1, 0.15) is 25.5 Å². The molecule has 0 unspecified atom stereocenters. The van der Waals surface area contributed by atoms with Gasteiger partial charge in [-0.3, -0.25) is 14.5 Å². The van der Waals surface area contributed by atoms with E-state index in [1.807, 2.05) is 6.92 Å². The number of esters is 1. The van der Waals surface area contributed by atoms with Crippen LogP contribution in [0.15, 0.2) is 27.7 Å². The number of hydrogen-bond donors (Lipinski definition) is 0. The molecule has 0 bridgehead atoms. The van der Waals surface area contributed by atoms with Gasteiger partial charge in [0.2, 0.25) is 0 Å². The van der Waals surface area contributed by atoms with E-state index in [1.54, 1.807) is 18.2 Å². The summed E-state index contributed by atoms with van der Waals surface area (Å²) in [7, 11) is 0. The zero-order valence-corrected chi connectivity index (χ0v) is 13.2. The lowest BCUT2D eigenvalue weighted by molar-refractivity contribution is -0.143. The second-order valence-corrected chi connectivity index (χ2v) is 6.00. The summed E-state index contributed by atoms with van der Waals surface area (Å²) in [5.74, 6) is 0.0726. The Balaban J connectivity index is 1.94. The molecule has 1 aliphatic heterocycles. The third-order valence-electron chi connectivity index (χ3n) is 2.70.